The second-order valence-corrected chi connectivity index (χ2v) is 4.46. The molecule has 0 saturated heterocycles. The lowest BCUT2D eigenvalue weighted by molar-refractivity contribution is -0.108. The van der Waals surface area contributed by atoms with E-state index < -0.39 is 0 Å². The molecule has 0 heterocycles. The molecule has 0 unspecified atom stereocenters. The van der Waals surface area contributed by atoms with Gasteiger partial charge >= 0.3 is 0 Å². The first-order valence-electron chi connectivity index (χ1n) is 5.04. The van der Waals surface area contributed by atoms with E-state index in [9.17, 15) is 9.59 Å². The zero-order valence-corrected chi connectivity index (χ0v) is 9.73. The molecule has 2 amide bonds. The van der Waals surface area contributed by atoms with E-state index in [1.54, 1.807) is 29.2 Å². The third-order valence-corrected chi connectivity index (χ3v) is 2.20. The molecular weight excluding hydrogens is 204 g/mol. The lowest BCUT2D eigenvalue weighted by Gasteiger charge is -2.32. The minimum atomic E-state index is -0.263. The molecule has 1 rings (SSSR count). The number of rotatable bonds is 4. The Balaban J connectivity index is 2.95. The zero-order valence-electron chi connectivity index (χ0n) is 9.73. The van der Waals surface area contributed by atoms with E-state index in [1.165, 1.54) is 0 Å². The van der Waals surface area contributed by atoms with Gasteiger partial charge in [-0.15, -0.1) is 0 Å². The van der Waals surface area contributed by atoms with Crippen molar-refractivity contribution in [2.24, 2.45) is 0 Å². The van der Waals surface area contributed by atoms with Gasteiger partial charge in [0.15, 0.2) is 0 Å². The fourth-order valence-corrected chi connectivity index (χ4v) is 1.39. The Bertz CT molecular complexity index is 366. The van der Waals surface area contributed by atoms with E-state index in [2.05, 4.69) is 5.32 Å². The highest BCUT2D eigenvalue weighted by Crippen LogP contribution is 2.23. The summed E-state index contributed by atoms with van der Waals surface area (Å²) in [5.74, 6) is 0. The fourth-order valence-electron chi connectivity index (χ4n) is 1.39. The van der Waals surface area contributed by atoms with Gasteiger partial charge < -0.3 is 10.2 Å². The van der Waals surface area contributed by atoms with Gasteiger partial charge in [-0.25, -0.2) is 0 Å². The molecule has 86 valence electrons. The van der Waals surface area contributed by atoms with Gasteiger partial charge in [0.1, 0.15) is 0 Å². The molecule has 1 N–H and O–H groups in total. The lowest BCUT2D eigenvalue weighted by Crippen LogP contribution is -2.40. The minimum Gasteiger partial charge on any atom is -0.329 e. The third-order valence-electron chi connectivity index (χ3n) is 2.20. The summed E-state index contributed by atoms with van der Waals surface area (Å²) in [5, 5.41) is 2.54. The number of hydrogen-bond donors (Lipinski definition) is 1. The summed E-state index contributed by atoms with van der Waals surface area (Å²) in [6.07, 6.45) is 1.43. The van der Waals surface area contributed by atoms with Crippen molar-refractivity contribution < 1.29 is 9.59 Å². The van der Waals surface area contributed by atoms with Gasteiger partial charge in [0, 0.05) is 16.9 Å². The van der Waals surface area contributed by atoms with Gasteiger partial charge in [0.25, 0.3) is 0 Å². The predicted molar refractivity (Wildman–Crippen MR) is 64.4 cm³/mol. The van der Waals surface area contributed by atoms with E-state index in [0.717, 1.165) is 12.1 Å². The summed E-state index contributed by atoms with van der Waals surface area (Å²) < 4.78 is 0. The van der Waals surface area contributed by atoms with Crippen molar-refractivity contribution in [1.82, 2.24) is 0 Å². The summed E-state index contributed by atoms with van der Waals surface area (Å²) in [5.41, 5.74) is 1.25. The highest BCUT2D eigenvalue weighted by molar-refractivity contribution is 5.79. The van der Waals surface area contributed by atoms with Crippen LogP contribution < -0.4 is 10.2 Å². The highest BCUT2D eigenvalue weighted by atomic mass is 16.1. The number of carbonyl (C=O) groups excluding carboxylic acids is 2. The van der Waals surface area contributed by atoms with Crippen molar-refractivity contribution in [3.05, 3.63) is 24.3 Å². The molecule has 1 aromatic rings. The lowest BCUT2D eigenvalue weighted by atomic mass is 10.1. The maximum Gasteiger partial charge on any atom is 0.214 e. The molecule has 0 saturated carbocycles. The highest BCUT2D eigenvalue weighted by Gasteiger charge is 2.20. The summed E-state index contributed by atoms with van der Waals surface area (Å²) in [4.78, 5) is 22.9. The second kappa shape index (κ2) is 4.79. The molecule has 0 aliphatic carbocycles. The Morgan fingerprint density at radius 3 is 2.06 bits per heavy atom. The average Bonchev–Trinajstić information content (AvgIpc) is 2.20. The van der Waals surface area contributed by atoms with E-state index >= 15 is 0 Å². The number of benzene rings is 1. The standard InChI is InChI=1S/C12H16N2O2/c1-12(2,3)14(9-16)11-6-4-10(5-7-11)13-8-15/h4-9H,1-3H3,(H,13,15). The van der Waals surface area contributed by atoms with Crippen LogP contribution in [0.2, 0.25) is 0 Å². The van der Waals surface area contributed by atoms with Crippen LogP contribution in [0.5, 0.6) is 0 Å². The Morgan fingerprint density at radius 2 is 1.69 bits per heavy atom. The predicted octanol–water partition coefficient (Wildman–Crippen LogP) is 2.02. The number of hydrogen-bond acceptors (Lipinski definition) is 2. The Hall–Kier alpha value is -1.84. The minimum absolute atomic E-state index is 0.263. The first-order valence-corrected chi connectivity index (χ1v) is 5.04. The first kappa shape index (κ1) is 12.2. The van der Waals surface area contributed by atoms with Crippen molar-refractivity contribution in [2.45, 2.75) is 26.3 Å². The van der Waals surface area contributed by atoms with E-state index in [-0.39, 0.29) is 5.54 Å². The van der Waals surface area contributed by atoms with Crippen LogP contribution in [0.25, 0.3) is 0 Å². The van der Waals surface area contributed by atoms with E-state index in [4.69, 9.17) is 0 Å². The summed E-state index contributed by atoms with van der Waals surface area (Å²) >= 11 is 0. The molecule has 0 atom stereocenters. The van der Waals surface area contributed by atoms with Gasteiger partial charge in [0.2, 0.25) is 12.8 Å². The van der Waals surface area contributed by atoms with Crippen molar-refractivity contribution in [3.8, 4) is 0 Å². The van der Waals surface area contributed by atoms with Crippen molar-refractivity contribution in [2.75, 3.05) is 10.2 Å². The monoisotopic (exact) mass is 220 g/mol. The van der Waals surface area contributed by atoms with Crippen LogP contribution in [0.4, 0.5) is 11.4 Å². The van der Waals surface area contributed by atoms with Gasteiger partial charge in [-0.1, -0.05) is 0 Å². The topological polar surface area (TPSA) is 49.4 Å². The molecule has 0 spiro atoms. The summed E-state index contributed by atoms with van der Waals surface area (Å²) in [7, 11) is 0. The quantitative estimate of drug-likeness (QED) is 0.789. The maximum absolute atomic E-state index is 11.0. The van der Waals surface area contributed by atoms with Crippen LogP contribution >= 0.6 is 0 Å². The Kier molecular flexibility index (Phi) is 3.66. The van der Waals surface area contributed by atoms with Crippen LogP contribution in [0, 0.1) is 0 Å². The Morgan fingerprint density at radius 1 is 1.12 bits per heavy atom. The van der Waals surface area contributed by atoms with Gasteiger partial charge in [0.05, 0.1) is 0 Å². The molecule has 4 heteroatoms. The molecule has 0 fully saturated rings. The summed E-state index contributed by atoms with van der Waals surface area (Å²) in [6.45, 7) is 5.87. The smallest absolute Gasteiger partial charge is 0.214 e. The molecule has 0 aliphatic heterocycles. The number of nitrogens with one attached hydrogen (secondary N) is 1. The van der Waals surface area contributed by atoms with E-state index in [1.807, 2.05) is 20.8 Å². The number of nitrogens with zero attached hydrogens (tertiary/aromatic N) is 1. The molecular formula is C12H16N2O2. The van der Waals surface area contributed by atoms with Crippen molar-refractivity contribution in [3.63, 3.8) is 0 Å². The van der Waals surface area contributed by atoms with Crippen molar-refractivity contribution >= 4 is 24.2 Å². The zero-order chi connectivity index (χ0) is 12.2. The second-order valence-electron chi connectivity index (χ2n) is 4.46. The third kappa shape index (κ3) is 2.82. The van der Waals surface area contributed by atoms with Crippen LogP contribution in [0.1, 0.15) is 20.8 Å². The van der Waals surface area contributed by atoms with Crippen molar-refractivity contribution in [1.29, 1.82) is 0 Å². The fraction of sp³-hybridized carbons (Fsp3) is 0.333. The largest absolute Gasteiger partial charge is 0.329 e. The summed E-state index contributed by atoms with van der Waals surface area (Å²) in [6, 6.07) is 7.11. The first-order chi connectivity index (χ1) is 7.49. The SMILES string of the molecule is CC(C)(C)N(C=O)c1ccc(NC=O)cc1. The van der Waals surface area contributed by atoms with Crippen LogP contribution in [-0.2, 0) is 9.59 Å². The van der Waals surface area contributed by atoms with Crippen LogP contribution in [-0.4, -0.2) is 18.4 Å². The van der Waals surface area contributed by atoms with Crippen LogP contribution in [0.15, 0.2) is 24.3 Å². The van der Waals surface area contributed by atoms with Crippen LogP contribution in [0.3, 0.4) is 0 Å². The van der Waals surface area contributed by atoms with Gasteiger partial charge in [-0.2, -0.15) is 0 Å². The molecule has 0 radical (unpaired) electrons. The number of carbonyl (C=O) groups is 2. The maximum atomic E-state index is 11.0. The molecule has 1 aromatic carbocycles. The molecule has 0 aliphatic rings. The number of amides is 2. The number of anilines is 2. The Labute approximate surface area is 95.3 Å². The van der Waals surface area contributed by atoms with Gasteiger partial charge in [-0.3, -0.25) is 9.59 Å². The molecule has 0 aromatic heterocycles. The van der Waals surface area contributed by atoms with Gasteiger partial charge in [-0.05, 0) is 45.0 Å². The molecule has 4 nitrogen and oxygen atoms in total. The normalized spacial score (nSPS) is 10.7. The molecule has 0 bridgehead atoms. The van der Waals surface area contributed by atoms with E-state index in [0.29, 0.717) is 12.1 Å². The average molecular weight is 220 g/mol. The molecule has 16 heavy (non-hydrogen) atoms.